The number of anilines is 1. The molecule has 0 saturated carbocycles. The molecule has 4 rings (SSSR count). The van der Waals surface area contributed by atoms with E-state index in [4.69, 9.17) is 4.98 Å². The number of carbonyl (C=O) groups excluding carboxylic acids is 1. The van der Waals surface area contributed by atoms with Gasteiger partial charge in [-0.1, -0.05) is 62.4 Å². The molecule has 0 fully saturated rings. The summed E-state index contributed by atoms with van der Waals surface area (Å²) in [5, 5.41) is 5.15. The van der Waals surface area contributed by atoms with E-state index >= 15 is 0 Å². The van der Waals surface area contributed by atoms with Gasteiger partial charge in [-0.15, -0.1) is 11.3 Å². The van der Waals surface area contributed by atoms with Crippen molar-refractivity contribution in [1.82, 2.24) is 9.38 Å². The van der Waals surface area contributed by atoms with Crippen LogP contribution in [0.4, 0.5) is 5.69 Å². The first-order valence-corrected chi connectivity index (χ1v) is 10.3. The molecule has 1 amide bonds. The van der Waals surface area contributed by atoms with Gasteiger partial charge < -0.3 is 5.32 Å². The number of fused-ring (bicyclic) bond motifs is 1. The number of benzene rings is 2. The maximum Gasteiger partial charge on any atom is 0.230 e. The molecule has 0 saturated heterocycles. The average molecular weight is 390 g/mol. The third-order valence-electron chi connectivity index (χ3n) is 4.89. The highest BCUT2D eigenvalue weighted by atomic mass is 32.1. The van der Waals surface area contributed by atoms with Gasteiger partial charge in [0, 0.05) is 28.5 Å². The van der Waals surface area contributed by atoms with E-state index in [0.717, 1.165) is 38.7 Å². The van der Waals surface area contributed by atoms with Gasteiger partial charge in [0.15, 0.2) is 4.96 Å². The highest BCUT2D eigenvalue weighted by Crippen LogP contribution is 2.28. The lowest BCUT2D eigenvalue weighted by Gasteiger charge is -2.16. The van der Waals surface area contributed by atoms with E-state index in [1.807, 2.05) is 65.4 Å². The number of amides is 1. The summed E-state index contributed by atoms with van der Waals surface area (Å²) in [7, 11) is 0. The fourth-order valence-electron chi connectivity index (χ4n) is 3.39. The van der Waals surface area contributed by atoms with E-state index in [0.29, 0.717) is 12.3 Å². The molecule has 1 N–H and O–H groups in total. The zero-order valence-corrected chi connectivity index (χ0v) is 17.1. The number of aromatic nitrogens is 2. The van der Waals surface area contributed by atoms with Gasteiger partial charge in [-0.3, -0.25) is 9.20 Å². The Hall–Kier alpha value is -2.92. The van der Waals surface area contributed by atoms with Gasteiger partial charge in [-0.25, -0.2) is 4.98 Å². The molecule has 4 nitrogen and oxygen atoms in total. The van der Waals surface area contributed by atoms with Crippen LogP contribution in [0.3, 0.4) is 0 Å². The summed E-state index contributed by atoms with van der Waals surface area (Å²) >= 11 is 1.56. The van der Waals surface area contributed by atoms with Crippen LogP contribution in [0.2, 0.25) is 0 Å². The summed E-state index contributed by atoms with van der Waals surface area (Å²) in [5.41, 5.74) is 6.14. The van der Waals surface area contributed by atoms with Gasteiger partial charge in [0.25, 0.3) is 0 Å². The molecule has 0 radical (unpaired) electrons. The molecule has 0 aliphatic carbocycles. The Morgan fingerprint density at radius 1 is 1.14 bits per heavy atom. The van der Waals surface area contributed by atoms with Crippen molar-refractivity contribution in [2.45, 2.75) is 33.1 Å². The van der Waals surface area contributed by atoms with E-state index in [-0.39, 0.29) is 5.91 Å². The quantitative estimate of drug-likeness (QED) is 0.478. The largest absolute Gasteiger partial charge is 0.325 e. The topological polar surface area (TPSA) is 46.4 Å². The minimum absolute atomic E-state index is 0.00846. The minimum atomic E-state index is -0.00846. The van der Waals surface area contributed by atoms with Crippen LogP contribution in [0.15, 0.2) is 60.1 Å². The SMILES string of the molecule is Cc1cccc(C(C)C)c1NC(=O)Cc1csc2nc(-c3ccccc3)cn12. The molecular weight excluding hydrogens is 366 g/mol. The third-order valence-corrected chi connectivity index (χ3v) is 5.77. The fraction of sp³-hybridized carbons (Fsp3) is 0.217. The Labute approximate surface area is 168 Å². The first-order valence-electron chi connectivity index (χ1n) is 9.43. The Morgan fingerprint density at radius 3 is 2.68 bits per heavy atom. The van der Waals surface area contributed by atoms with Gasteiger partial charge in [0.2, 0.25) is 5.91 Å². The zero-order chi connectivity index (χ0) is 19.7. The van der Waals surface area contributed by atoms with Crippen molar-refractivity contribution in [3.63, 3.8) is 0 Å². The normalized spacial score (nSPS) is 11.3. The summed E-state index contributed by atoms with van der Waals surface area (Å²) in [6.45, 7) is 6.32. The molecule has 5 heteroatoms. The number of aryl methyl sites for hydroxylation is 1. The molecule has 0 bridgehead atoms. The fourth-order valence-corrected chi connectivity index (χ4v) is 4.27. The second-order valence-electron chi connectivity index (χ2n) is 7.29. The van der Waals surface area contributed by atoms with Crippen LogP contribution in [0, 0.1) is 6.92 Å². The van der Waals surface area contributed by atoms with Gasteiger partial charge in [-0.2, -0.15) is 0 Å². The third kappa shape index (κ3) is 3.58. The molecule has 2 heterocycles. The molecule has 28 heavy (non-hydrogen) atoms. The molecule has 0 aliphatic heterocycles. The predicted molar refractivity (Wildman–Crippen MR) is 116 cm³/mol. The van der Waals surface area contributed by atoms with Gasteiger partial charge >= 0.3 is 0 Å². The predicted octanol–water partition coefficient (Wildman–Crippen LogP) is 5.68. The van der Waals surface area contributed by atoms with Crippen molar-refractivity contribution in [1.29, 1.82) is 0 Å². The number of nitrogens with zero attached hydrogens (tertiary/aromatic N) is 2. The van der Waals surface area contributed by atoms with Crippen LogP contribution in [-0.4, -0.2) is 15.3 Å². The van der Waals surface area contributed by atoms with Crippen molar-refractivity contribution >= 4 is 27.9 Å². The van der Waals surface area contributed by atoms with Crippen LogP contribution < -0.4 is 5.32 Å². The van der Waals surface area contributed by atoms with Gasteiger partial charge in [-0.05, 0) is 24.0 Å². The van der Waals surface area contributed by atoms with Crippen molar-refractivity contribution in [2.24, 2.45) is 0 Å². The number of hydrogen-bond acceptors (Lipinski definition) is 3. The Kier molecular flexibility index (Phi) is 5.01. The summed E-state index contributed by atoms with van der Waals surface area (Å²) in [6, 6.07) is 16.3. The van der Waals surface area contributed by atoms with E-state index in [9.17, 15) is 4.79 Å². The molecule has 2 aromatic carbocycles. The first kappa shape index (κ1) is 18.4. The minimum Gasteiger partial charge on any atom is -0.325 e. The Bertz CT molecular complexity index is 1130. The van der Waals surface area contributed by atoms with Crippen LogP contribution in [0.25, 0.3) is 16.2 Å². The van der Waals surface area contributed by atoms with Crippen LogP contribution in [0.5, 0.6) is 0 Å². The highest BCUT2D eigenvalue weighted by molar-refractivity contribution is 7.15. The Balaban J connectivity index is 1.57. The first-order chi connectivity index (χ1) is 13.5. The highest BCUT2D eigenvalue weighted by Gasteiger charge is 2.15. The van der Waals surface area contributed by atoms with Crippen LogP contribution in [0.1, 0.15) is 36.6 Å². The molecule has 0 aliphatic rings. The lowest BCUT2D eigenvalue weighted by atomic mass is 9.98. The summed E-state index contributed by atoms with van der Waals surface area (Å²) in [4.78, 5) is 18.4. The summed E-state index contributed by atoms with van der Waals surface area (Å²) in [6.07, 6.45) is 2.33. The number of para-hydroxylation sites is 1. The number of imidazole rings is 1. The molecule has 0 spiro atoms. The van der Waals surface area contributed by atoms with Crippen molar-refractivity contribution < 1.29 is 4.79 Å². The summed E-state index contributed by atoms with van der Waals surface area (Å²) < 4.78 is 2.02. The maximum atomic E-state index is 12.8. The second-order valence-corrected chi connectivity index (χ2v) is 8.13. The molecular formula is C23H23N3OS. The summed E-state index contributed by atoms with van der Waals surface area (Å²) in [5.74, 6) is 0.344. The average Bonchev–Trinajstić information content (AvgIpc) is 3.26. The van der Waals surface area contributed by atoms with Crippen LogP contribution >= 0.6 is 11.3 Å². The molecule has 0 unspecified atom stereocenters. The van der Waals surface area contributed by atoms with Crippen molar-refractivity contribution in [3.05, 3.63) is 76.9 Å². The van der Waals surface area contributed by atoms with Crippen LogP contribution in [-0.2, 0) is 11.2 Å². The van der Waals surface area contributed by atoms with Gasteiger partial charge in [0.1, 0.15) is 0 Å². The Morgan fingerprint density at radius 2 is 1.93 bits per heavy atom. The number of thiazole rings is 1. The number of nitrogens with one attached hydrogen (secondary N) is 1. The molecule has 142 valence electrons. The number of carbonyl (C=O) groups is 1. The van der Waals surface area contributed by atoms with Crippen molar-refractivity contribution in [2.75, 3.05) is 5.32 Å². The lowest BCUT2D eigenvalue weighted by molar-refractivity contribution is -0.115. The smallest absolute Gasteiger partial charge is 0.230 e. The van der Waals surface area contributed by atoms with E-state index in [2.05, 4.69) is 25.2 Å². The van der Waals surface area contributed by atoms with E-state index in [1.165, 1.54) is 0 Å². The van der Waals surface area contributed by atoms with Gasteiger partial charge in [0.05, 0.1) is 12.1 Å². The zero-order valence-electron chi connectivity index (χ0n) is 16.3. The molecule has 2 aromatic heterocycles. The lowest BCUT2D eigenvalue weighted by Crippen LogP contribution is -2.17. The maximum absolute atomic E-state index is 12.8. The monoisotopic (exact) mass is 389 g/mol. The number of rotatable bonds is 5. The number of hydrogen-bond donors (Lipinski definition) is 1. The van der Waals surface area contributed by atoms with E-state index in [1.54, 1.807) is 11.3 Å². The molecule has 4 aromatic rings. The van der Waals surface area contributed by atoms with E-state index < -0.39 is 0 Å². The standard InChI is InChI=1S/C23H23N3OS/c1-15(2)19-11-7-8-16(3)22(19)25-21(27)12-18-14-28-23-24-20(13-26(18)23)17-9-5-4-6-10-17/h4-11,13-15H,12H2,1-3H3,(H,25,27). The second kappa shape index (κ2) is 7.60. The van der Waals surface area contributed by atoms with Crippen molar-refractivity contribution in [3.8, 4) is 11.3 Å². The molecule has 0 atom stereocenters.